The lowest BCUT2D eigenvalue weighted by atomic mass is 9.99. The van der Waals surface area contributed by atoms with Crippen molar-refractivity contribution in [1.82, 2.24) is 10.1 Å². The number of nitrogens with two attached hydrogens (primary N) is 1. The maximum absolute atomic E-state index is 6.23. The van der Waals surface area contributed by atoms with Crippen molar-refractivity contribution in [2.24, 2.45) is 5.73 Å². The lowest BCUT2D eigenvalue weighted by Crippen LogP contribution is -2.33. The second kappa shape index (κ2) is 4.93. The first-order valence-electron chi connectivity index (χ1n) is 5.85. The van der Waals surface area contributed by atoms with E-state index >= 15 is 0 Å². The third-order valence-corrected chi connectivity index (χ3v) is 3.14. The van der Waals surface area contributed by atoms with Gasteiger partial charge in [-0.1, -0.05) is 18.0 Å². The van der Waals surface area contributed by atoms with Crippen molar-refractivity contribution in [2.75, 3.05) is 13.7 Å². The molecule has 1 saturated carbocycles. The van der Waals surface area contributed by atoms with E-state index < -0.39 is 0 Å². The molecule has 0 aromatic carbocycles. The van der Waals surface area contributed by atoms with Gasteiger partial charge >= 0.3 is 0 Å². The molecule has 5 heteroatoms. The van der Waals surface area contributed by atoms with Crippen molar-refractivity contribution >= 4 is 0 Å². The fourth-order valence-corrected chi connectivity index (χ4v) is 2.15. The fraction of sp³-hybridized carbons (Fsp3) is 0.818. The predicted molar refractivity (Wildman–Crippen MR) is 58.8 cm³/mol. The first-order chi connectivity index (χ1) is 7.74. The largest absolute Gasteiger partial charge is 0.385 e. The third kappa shape index (κ3) is 2.41. The first kappa shape index (κ1) is 11.5. The molecule has 1 aliphatic rings. The van der Waals surface area contributed by atoms with Crippen molar-refractivity contribution in [1.29, 1.82) is 0 Å². The average molecular weight is 225 g/mol. The van der Waals surface area contributed by atoms with Gasteiger partial charge in [-0.25, -0.2) is 0 Å². The zero-order chi connectivity index (χ0) is 11.4. The van der Waals surface area contributed by atoms with Gasteiger partial charge in [0.15, 0.2) is 5.82 Å². The van der Waals surface area contributed by atoms with E-state index in [4.69, 9.17) is 15.0 Å². The summed E-state index contributed by atoms with van der Waals surface area (Å²) in [6.45, 7) is 0.720. The second-order valence-corrected chi connectivity index (χ2v) is 4.48. The van der Waals surface area contributed by atoms with E-state index in [9.17, 15) is 0 Å². The molecule has 0 aliphatic heterocycles. The summed E-state index contributed by atoms with van der Waals surface area (Å²) in [4.78, 5) is 4.38. The van der Waals surface area contributed by atoms with E-state index in [1.807, 2.05) is 0 Å². The smallest absolute Gasteiger partial charge is 0.246 e. The van der Waals surface area contributed by atoms with Crippen LogP contribution in [0.5, 0.6) is 0 Å². The molecule has 2 N–H and O–H groups in total. The summed E-state index contributed by atoms with van der Waals surface area (Å²) >= 11 is 0. The maximum atomic E-state index is 6.23. The molecule has 0 radical (unpaired) electrons. The van der Waals surface area contributed by atoms with Gasteiger partial charge in [-0.15, -0.1) is 0 Å². The Bertz CT molecular complexity index is 332. The topological polar surface area (TPSA) is 74.2 Å². The van der Waals surface area contributed by atoms with E-state index in [0.29, 0.717) is 5.89 Å². The van der Waals surface area contributed by atoms with Gasteiger partial charge in [-0.05, 0) is 19.3 Å². The summed E-state index contributed by atoms with van der Waals surface area (Å²) in [6.07, 6.45) is 5.90. The predicted octanol–water partition coefficient (Wildman–Crippen LogP) is 1.38. The maximum Gasteiger partial charge on any atom is 0.246 e. The molecule has 0 unspecified atom stereocenters. The third-order valence-electron chi connectivity index (χ3n) is 3.14. The Balaban J connectivity index is 1.96. The zero-order valence-corrected chi connectivity index (χ0v) is 9.74. The molecule has 1 aliphatic carbocycles. The minimum absolute atomic E-state index is 0.369. The van der Waals surface area contributed by atoms with Crippen LogP contribution >= 0.6 is 0 Å². The van der Waals surface area contributed by atoms with Crippen LogP contribution in [0.3, 0.4) is 0 Å². The minimum atomic E-state index is -0.369. The molecule has 0 spiro atoms. The van der Waals surface area contributed by atoms with Crippen LogP contribution in [0.4, 0.5) is 0 Å². The number of methoxy groups -OCH3 is 1. The number of hydrogen-bond acceptors (Lipinski definition) is 5. The van der Waals surface area contributed by atoms with E-state index in [0.717, 1.165) is 51.0 Å². The van der Waals surface area contributed by atoms with Crippen molar-refractivity contribution in [3.8, 4) is 0 Å². The van der Waals surface area contributed by atoms with Crippen LogP contribution < -0.4 is 5.73 Å². The monoisotopic (exact) mass is 225 g/mol. The number of ether oxygens (including phenoxy) is 1. The molecule has 0 atom stereocenters. The summed E-state index contributed by atoms with van der Waals surface area (Å²) in [5.74, 6) is 1.35. The van der Waals surface area contributed by atoms with Gasteiger partial charge in [0.05, 0.1) is 5.54 Å². The summed E-state index contributed by atoms with van der Waals surface area (Å²) < 4.78 is 10.2. The molecular formula is C11H19N3O2. The van der Waals surface area contributed by atoms with Gasteiger partial charge in [-0.3, -0.25) is 0 Å². The lowest BCUT2D eigenvalue weighted by molar-refractivity contribution is 0.194. The summed E-state index contributed by atoms with van der Waals surface area (Å²) in [5, 5.41) is 3.96. The molecule has 1 fully saturated rings. The fourth-order valence-electron chi connectivity index (χ4n) is 2.15. The Morgan fingerprint density at radius 2 is 2.19 bits per heavy atom. The van der Waals surface area contributed by atoms with E-state index in [1.54, 1.807) is 7.11 Å². The highest BCUT2D eigenvalue weighted by molar-refractivity contribution is 5.04. The number of rotatable bonds is 5. The molecule has 2 rings (SSSR count). The number of aryl methyl sites for hydroxylation is 1. The van der Waals surface area contributed by atoms with Crippen molar-refractivity contribution in [3.05, 3.63) is 11.7 Å². The van der Waals surface area contributed by atoms with Crippen LogP contribution in [-0.2, 0) is 16.7 Å². The highest BCUT2D eigenvalue weighted by atomic mass is 16.5. The highest BCUT2D eigenvalue weighted by Gasteiger charge is 2.36. The minimum Gasteiger partial charge on any atom is -0.385 e. The van der Waals surface area contributed by atoms with Gasteiger partial charge in [0.25, 0.3) is 0 Å². The quantitative estimate of drug-likeness (QED) is 0.766. The molecule has 1 aromatic heterocycles. The van der Waals surface area contributed by atoms with E-state index in [2.05, 4.69) is 10.1 Å². The molecule has 1 aromatic rings. The van der Waals surface area contributed by atoms with Crippen molar-refractivity contribution < 1.29 is 9.26 Å². The van der Waals surface area contributed by atoms with Crippen LogP contribution in [0.15, 0.2) is 4.52 Å². The Morgan fingerprint density at radius 1 is 1.44 bits per heavy atom. The van der Waals surface area contributed by atoms with Gasteiger partial charge in [0.2, 0.25) is 5.89 Å². The summed E-state index contributed by atoms with van der Waals surface area (Å²) in [5.41, 5.74) is 5.86. The molecule has 0 amide bonds. The van der Waals surface area contributed by atoms with Gasteiger partial charge < -0.3 is 15.0 Å². The molecule has 5 nitrogen and oxygen atoms in total. The standard InChI is InChI=1S/C11H19N3O2/c1-15-8-4-5-9-13-10(16-14-9)11(12)6-2-3-7-11/h2-8,12H2,1H3. The van der Waals surface area contributed by atoms with Crippen LogP contribution in [0, 0.1) is 0 Å². The van der Waals surface area contributed by atoms with Crippen LogP contribution in [0.1, 0.15) is 43.8 Å². The van der Waals surface area contributed by atoms with Crippen molar-refractivity contribution in [2.45, 2.75) is 44.1 Å². The Morgan fingerprint density at radius 3 is 2.88 bits per heavy atom. The molecule has 16 heavy (non-hydrogen) atoms. The lowest BCUT2D eigenvalue weighted by Gasteiger charge is -2.17. The van der Waals surface area contributed by atoms with Crippen LogP contribution in [-0.4, -0.2) is 23.9 Å². The summed E-state index contributed by atoms with van der Waals surface area (Å²) in [7, 11) is 1.69. The molecule has 90 valence electrons. The molecule has 1 heterocycles. The number of nitrogens with zero attached hydrogens (tertiary/aromatic N) is 2. The Labute approximate surface area is 95.3 Å². The number of aromatic nitrogens is 2. The first-order valence-corrected chi connectivity index (χ1v) is 5.85. The SMILES string of the molecule is COCCCc1noc(C2(N)CCCC2)n1. The Kier molecular flexibility index (Phi) is 3.56. The van der Waals surface area contributed by atoms with Crippen LogP contribution in [0.25, 0.3) is 0 Å². The Hall–Kier alpha value is -0.940. The van der Waals surface area contributed by atoms with Gasteiger partial charge in [0, 0.05) is 20.1 Å². The van der Waals surface area contributed by atoms with Gasteiger partial charge in [0.1, 0.15) is 0 Å². The van der Waals surface area contributed by atoms with Gasteiger partial charge in [-0.2, -0.15) is 4.98 Å². The zero-order valence-electron chi connectivity index (χ0n) is 9.74. The average Bonchev–Trinajstić information content (AvgIpc) is 2.88. The van der Waals surface area contributed by atoms with Crippen LogP contribution in [0.2, 0.25) is 0 Å². The van der Waals surface area contributed by atoms with E-state index in [-0.39, 0.29) is 5.54 Å². The summed E-state index contributed by atoms with van der Waals surface area (Å²) in [6, 6.07) is 0. The molecule has 0 bridgehead atoms. The van der Waals surface area contributed by atoms with E-state index in [1.165, 1.54) is 0 Å². The van der Waals surface area contributed by atoms with Crippen molar-refractivity contribution in [3.63, 3.8) is 0 Å². The molecular weight excluding hydrogens is 206 g/mol. The normalized spacial score (nSPS) is 19.1. The second-order valence-electron chi connectivity index (χ2n) is 4.48. The highest BCUT2D eigenvalue weighted by Crippen LogP contribution is 2.35. The molecule has 0 saturated heterocycles. The number of hydrogen-bond donors (Lipinski definition) is 1.